The van der Waals surface area contributed by atoms with Crippen LogP contribution in [-0.2, 0) is 0 Å². The second-order valence-electron chi connectivity index (χ2n) is 7.73. The van der Waals surface area contributed by atoms with Crippen molar-refractivity contribution in [2.45, 2.75) is 26.7 Å². The largest absolute Gasteiger partial charge is 0.494 e. The number of ether oxygens (including phenoxy) is 1. The predicted molar refractivity (Wildman–Crippen MR) is 130 cm³/mol. The predicted octanol–water partition coefficient (Wildman–Crippen LogP) is 5.13. The van der Waals surface area contributed by atoms with E-state index >= 15 is 0 Å². The van der Waals surface area contributed by atoms with Crippen LogP contribution in [0.4, 0.5) is 5.69 Å². The zero-order chi connectivity index (χ0) is 24.1. The Kier molecular flexibility index (Phi) is 6.82. The molecule has 4 rings (SSSR count). The van der Waals surface area contributed by atoms with Crippen molar-refractivity contribution >= 4 is 22.6 Å². The lowest BCUT2D eigenvalue weighted by molar-refractivity contribution is -0.384. The van der Waals surface area contributed by atoms with Crippen LogP contribution in [0.2, 0.25) is 0 Å². The van der Waals surface area contributed by atoms with E-state index in [-0.39, 0.29) is 11.6 Å². The van der Waals surface area contributed by atoms with Crippen molar-refractivity contribution in [3.8, 4) is 28.3 Å². The number of aromatic amines is 1. The number of fused-ring (bicyclic) bond motifs is 1. The summed E-state index contributed by atoms with van der Waals surface area (Å²) in [5.74, 6) is 0.499. The molecule has 2 aromatic carbocycles. The Balaban J connectivity index is 1.84. The van der Waals surface area contributed by atoms with E-state index in [4.69, 9.17) is 4.74 Å². The third-order valence-electron chi connectivity index (χ3n) is 5.39. The number of unbranched alkanes of at least 4 members (excludes halogenated alkanes) is 1. The first-order valence-corrected chi connectivity index (χ1v) is 11.2. The molecule has 2 aromatic heterocycles. The van der Waals surface area contributed by atoms with Crippen LogP contribution < -0.4 is 10.1 Å². The highest BCUT2D eigenvalue weighted by Crippen LogP contribution is 2.33. The van der Waals surface area contributed by atoms with Crippen LogP contribution in [0, 0.1) is 10.1 Å². The lowest BCUT2D eigenvalue weighted by atomic mass is 10.0. The molecule has 0 saturated heterocycles. The molecule has 0 radical (unpaired) electrons. The van der Waals surface area contributed by atoms with Crippen LogP contribution in [0.3, 0.4) is 0 Å². The van der Waals surface area contributed by atoms with Gasteiger partial charge in [0.15, 0.2) is 5.65 Å². The van der Waals surface area contributed by atoms with Gasteiger partial charge in [0.2, 0.25) is 0 Å². The normalized spacial score (nSPS) is 10.9. The zero-order valence-electron chi connectivity index (χ0n) is 19.0. The summed E-state index contributed by atoms with van der Waals surface area (Å²) in [4.78, 5) is 28.7. The summed E-state index contributed by atoms with van der Waals surface area (Å²) in [5, 5.41) is 22.0. The molecule has 2 N–H and O–H groups in total. The molecular weight excluding hydrogens is 434 g/mol. The minimum absolute atomic E-state index is 0.0480. The van der Waals surface area contributed by atoms with Crippen LogP contribution >= 0.6 is 0 Å². The van der Waals surface area contributed by atoms with Gasteiger partial charge in [0.1, 0.15) is 5.75 Å². The summed E-state index contributed by atoms with van der Waals surface area (Å²) in [7, 11) is 0. The minimum Gasteiger partial charge on any atom is -0.494 e. The molecule has 0 aliphatic rings. The Morgan fingerprint density at radius 1 is 1.12 bits per heavy atom. The van der Waals surface area contributed by atoms with Gasteiger partial charge in [0, 0.05) is 29.8 Å². The molecule has 0 saturated carbocycles. The zero-order valence-corrected chi connectivity index (χ0v) is 19.0. The second kappa shape index (κ2) is 10.1. The number of carbonyl (C=O) groups excluding carboxylic acids is 1. The molecule has 0 spiro atoms. The molecular formula is C25H25N5O4. The second-order valence-corrected chi connectivity index (χ2v) is 7.73. The molecule has 9 heteroatoms. The molecule has 0 aliphatic carbocycles. The van der Waals surface area contributed by atoms with Crippen molar-refractivity contribution in [1.29, 1.82) is 0 Å². The van der Waals surface area contributed by atoms with Crippen LogP contribution in [0.15, 0.2) is 54.6 Å². The van der Waals surface area contributed by atoms with Gasteiger partial charge in [-0.25, -0.2) is 4.98 Å². The fraction of sp³-hybridized carbons (Fsp3) is 0.240. The van der Waals surface area contributed by atoms with Crippen molar-refractivity contribution in [2.24, 2.45) is 0 Å². The lowest BCUT2D eigenvalue weighted by Crippen LogP contribution is -2.24. The first-order valence-electron chi connectivity index (χ1n) is 11.2. The number of H-pyrrole nitrogens is 1. The van der Waals surface area contributed by atoms with Crippen LogP contribution in [-0.4, -0.2) is 39.2 Å². The Hall–Kier alpha value is -4.27. The summed E-state index contributed by atoms with van der Waals surface area (Å²) >= 11 is 0. The summed E-state index contributed by atoms with van der Waals surface area (Å²) in [5.41, 5.74) is 3.17. The maximum absolute atomic E-state index is 13.2. The molecule has 34 heavy (non-hydrogen) atoms. The van der Waals surface area contributed by atoms with Gasteiger partial charge in [-0.15, -0.1) is 0 Å². The first-order chi connectivity index (χ1) is 16.5. The molecule has 0 fully saturated rings. The lowest BCUT2D eigenvalue weighted by Gasteiger charge is -2.10. The minimum atomic E-state index is -0.456. The highest BCUT2D eigenvalue weighted by atomic mass is 16.6. The van der Waals surface area contributed by atoms with Crippen LogP contribution in [0.5, 0.6) is 5.75 Å². The quantitative estimate of drug-likeness (QED) is 0.203. The van der Waals surface area contributed by atoms with Gasteiger partial charge in [-0.1, -0.05) is 25.5 Å². The highest BCUT2D eigenvalue weighted by molar-refractivity contribution is 6.11. The van der Waals surface area contributed by atoms with E-state index in [9.17, 15) is 14.9 Å². The highest BCUT2D eigenvalue weighted by Gasteiger charge is 2.21. The van der Waals surface area contributed by atoms with Crippen molar-refractivity contribution in [3.05, 3.63) is 70.3 Å². The third-order valence-corrected chi connectivity index (χ3v) is 5.39. The SMILES string of the molecule is CCCCNC(=O)c1cc(-c2ccc(OCC)cc2)nc2n[nH]c(-c3cccc([N+](=O)[O-])c3)c12. The van der Waals surface area contributed by atoms with E-state index in [1.165, 1.54) is 12.1 Å². The number of pyridine rings is 1. The monoisotopic (exact) mass is 459 g/mol. The van der Waals surface area contributed by atoms with E-state index in [2.05, 4.69) is 27.4 Å². The fourth-order valence-corrected chi connectivity index (χ4v) is 3.70. The summed E-state index contributed by atoms with van der Waals surface area (Å²) in [6.45, 7) is 5.08. The Morgan fingerprint density at radius 2 is 1.91 bits per heavy atom. The number of nitrogens with zero attached hydrogens (tertiary/aromatic N) is 3. The van der Waals surface area contributed by atoms with E-state index in [0.717, 1.165) is 24.2 Å². The molecule has 4 aromatic rings. The Bertz CT molecular complexity index is 1330. The number of non-ortho nitro benzene ring substituents is 1. The number of nitro groups is 1. The number of amides is 1. The number of nitro benzene ring substituents is 1. The number of rotatable bonds is 9. The van der Waals surface area contributed by atoms with Crippen molar-refractivity contribution in [3.63, 3.8) is 0 Å². The van der Waals surface area contributed by atoms with Gasteiger partial charge in [0.05, 0.1) is 33.9 Å². The average molecular weight is 460 g/mol. The van der Waals surface area contributed by atoms with Gasteiger partial charge < -0.3 is 10.1 Å². The summed E-state index contributed by atoms with van der Waals surface area (Å²) in [6, 6.07) is 15.4. The Morgan fingerprint density at radius 3 is 2.62 bits per heavy atom. The molecule has 0 unspecified atom stereocenters. The number of nitrogens with one attached hydrogen (secondary N) is 2. The van der Waals surface area contributed by atoms with E-state index < -0.39 is 4.92 Å². The third kappa shape index (κ3) is 4.73. The number of carbonyl (C=O) groups is 1. The first kappa shape index (κ1) is 22.9. The molecule has 9 nitrogen and oxygen atoms in total. The van der Waals surface area contributed by atoms with E-state index in [1.807, 2.05) is 31.2 Å². The van der Waals surface area contributed by atoms with Crippen molar-refractivity contribution in [2.75, 3.05) is 13.2 Å². The molecule has 174 valence electrons. The number of benzene rings is 2. The number of hydrogen-bond acceptors (Lipinski definition) is 6. The number of aromatic nitrogens is 3. The standard InChI is InChI=1S/C25H25N5O4/c1-3-5-13-26-25(31)20-15-21(16-9-11-19(12-10-16)34-4-2)27-24-22(20)23(28-29-24)17-7-6-8-18(14-17)30(32)33/h6-12,14-15H,3-5,13H2,1-2H3,(H,26,31)(H,27,28,29). The van der Waals surface area contributed by atoms with Gasteiger partial charge >= 0.3 is 0 Å². The van der Waals surface area contributed by atoms with Gasteiger partial charge in [-0.2, -0.15) is 5.10 Å². The molecule has 0 atom stereocenters. The molecule has 2 heterocycles. The molecule has 1 amide bonds. The van der Waals surface area contributed by atoms with E-state index in [1.54, 1.807) is 18.2 Å². The van der Waals surface area contributed by atoms with Crippen molar-refractivity contribution in [1.82, 2.24) is 20.5 Å². The van der Waals surface area contributed by atoms with Gasteiger partial charge in [-0.3, -0.25) is 20.0 Å². The fourth-order valence-electron chi connectivity index (χ4n) is 3.70. The molecule has 0 bridgehead atoms. The summed E-state index contributed by atoms with van der Waals surface area (Å²) < 4.78 is 5.51. The van der Waals surface area contributed by atoms with Gasteiger partial charge in [-0.05, 0) is 43.7 Å². The van der Waals surface area contributed by atoms with E-state index in [0.29, 0.717) is 46.7 Å². The maximum atomic E-state index is 13.2. The summed E-state index contributed by atoms with van der Waals surface area (Å²) in [6.07, 6.45) is 1.81. The van der Waals surface area contributed by atoms with Crippen LogP contribution in [0.25, 0.3) is 33.5 Å². The van der Waals surface area contributed by atoms with Crippen LogP contribution in [0.1, 0.15) is 37.0 Å². The average Bonchev–Trinajstić information content (AvgIpc) is 3.28. The van der Waals surface area contributed by atoms with Gasteiger partial charge in [0.25, 0.3) is 11.6 Å². The Labute approximate surface area is 196 Å². The van der Waals surface area contributed by atoms with Crippen molar-refractivity contribution < 1.29 is 14.5 Å². The topological polar surface area (TPSA) is 123 Å². The maximum Gasteiger partial charge on any atom is 0.270 e. The smallest absolute Gasteiger partial charge is 0.270 e. The number of hydrogen-bond donors (Lipinski definition) is 2. The molecule has 0 aliphatic heterocycles.